The first-order valence-electron chi connectivity index (χ1n) is 11.0. The maximum Gasteiger partial charge on any atom is 0.265 e. The third-order valence-electron chi connectivity index (χ3n) is 4.76. The Morgan fingerprint density at radius 3 is 2.27 bits per heavy atom. The molecule has 1 N–H and O–H groups in total. The molecular weight excluding hydrogens is 424 g/mol. The van der Waals surface area contributed by atoms with Gasteiger partial charge in [-0.1, -0.05) is 12.2 Å². The van der Waals surface area contributed by atoms with Gasteiger partial charge in [-0.05, 0) is 52.0 Å². The monoisotopic (exact) mass is 454 g/mol. The van der Waals surface area contributed by atoms with Gasteiger partial charge in [-0.2, -0.15) is 0 Å². The van der Waals surface area contributed by atoms with Crippen molar-refractivity contribution in [2.75, 3.05) is 43.2 Å². The van der Waals surface area contributed by atoms with Gasteiger partial charge in [0.25, 0.3) is 11.8 Å². The molecule has 1 aliphatic rings. The van der Waals surface area contributed by atoms with E-state index in [0.717, 1.165) is 5.57 Å². The molecular formula is C25H30N2O6. The van der Waals surface area contributed by atoms with E-state index in [-0.39, 0.29) is 18.4 Å². The fourth-order valence-corrected chi connectivity index (χ4v) is 3.45. The van der Waals surface area contributed by atoms with E-state index in [4.69, 9.17) is 18.9 Å². The molecule has 2 amide bonds. The zero-order valence-electron chi connectivity index (χ0n) is 19.5. The quantitative estimate of drug-likeness (QED) is 0.535. The normalized spacial score (nSPS) is 12.5. The van der Waals surface area contributed by atoms with Crippen molar-refractivity contribution in [3.8, 4) is 23.0 Å². The minimum absolute atomic E-state index is 0.0635. The third kappa shape index (κ3) is 5.58. The molecule has 0 saturated carbocycles. The summed E-state index contributed by atoms with van der Waals surface area (Å²) in [5.41, 5.74) is 2.40. The fourth-order valence-electron chi connectivity index (χ4n) is 3.45. The average molecular weight is 455 g/mol. The maximum absolute atomic E-state index is 13.0. The van der Waals surface area contributed by atoms with Crippen LogP contribution in [0.15, 0.2) is 42.5 Å². The molecule has 8 heteroatoms. The Kier molecular flexibility index (Phi) is 7.82. The van der Waals surface area contributed by atoms with Crippen molar-refractivity contribution in [2.24, 2.45) is 0 Å². The largest absolute Gasteiger partial charge is 0.490 e. The number of hydrogen-bond donors (Lipinski definition) is 1. The summed E-state index contributed by atoms with van der Waals surface area (Å²) in [6, 6.07) is 8.45. The molecule has 0 atom stereocenters. The highest BCUT2D eigenvalue weighted by molar-refractivity contribution is 6.06. The summed E-state index contributed by atoms with van der Waals surface area (Å²) in [6.07, 6.45) is 0. The predicted octanol–water partition coefficient (Wildman–Crippen LogP) is 4.44. The molecule has 0 saturated heterocycles. The van der Waals surface area contributed by atoms with E-state index in [1.165, 1.54) is 0 Å². The molecule has 2 aromatic carbocycles. The van der Waals surface area contributed by atoms with E-state index in [9.17, 15) is 9.59 Å². The summed E-state index contributed by atoms with van der Waals surface area (Å²) in [7, 11) is 0. The molecule has 1 heterocycles. The van der Waals surface area contributed by atoms with Crippen LogP contribution in [-0.2, 0) is 4.79 Å². The summed E-state index contributed by atoms with van der Waals surface area (Å²) in [6.45, 7) is 12.9. The topological polar surface area (TPSA) is 86.3 Å². The van der Waals surface area contributed by atoms with Gasteiger partial charge >= 0.3 is 0 Å². The zero-order valence-corrected chi connectivity index (χ0v) is 19.5. The van der Waals surface area contributed by atoms with Gasteiger partial charge in [0.15, 0.2) is 18.1 Å². The van der Waals surface area contributed by atoms with Gasteiger partial charge in [-0.15, -0.1) is 0 Å². The van der Waals surface area contributed by atoms with Gasteiger partial charge in [0, 0.05) is 23.9 Å². The van der Waals surface area contributed by atoms with Crippen LogP contribution in [0.2, 0.25) is 0 Å². The summed E-state index contributed by atoms with van der Waals surface area (Å²) in [5.74, 6) is 1.40. The Labute approximate surface area is 194 Å². The van der Waals surface area contributed by atoms with E-state index in [1.807, 2.05) is 27.7 Å². The van der Waals surface area contributed by atoms with Gasteiger partial charge < -0.3 is 29.2 Å². The van der Waals surface area contributed by atoms with E-state index in [1.54, 1.807) is 35.2 Å². The van der Waals surface area contributed by atoms with E-state index >= 15 is 0 Å². The van der Waals surface area contributed by atoms with Crippen molar-refractivity contribution < 1.29 is 28.5 Å². The van der Waals surface area contributed by atoms with Crippen LogP contribution in [0.25, 0.3) is 0 Å². The summed E-state index contributed by atoms with van der Waals surface area (Å²) < 4.78 is 22.7. The number of fused-ring (bicyclic) bond motifs is 1. The summed E-state index contributed by atoms with van der Waals surface area (Å²) >= 11 is 0. The SMILES string of the molecule is C=C(C)CN1C(=O)COc2cc(NC(=O)c3cc(OCC)c(OCC)c(OCC)c3)ccc21. The first-order valence-corrected chi connectivity index (χ1v) is 11.0. The van der Waals surface area contributed by atoms with Crippen LogP contribution in [-0.4, -0.2) is 44.8 Å². The van der Waals surface area contributed by atoms with Gasteiger partial charge in [0.1, 0.15) is 5.75 Å². The number of rotatable bonds is 10. The van der Waals surface area contributed by atoms with Crippen LogP contribution in [0.1, 0.15) is 38.1 Å². The van der Waals surface area contributed by atoms with E-state index < -0.39 is 0 Å². The maximum atomic E-state index is 13.0. The van der Waals surface area contributed by atoms with E-state index in [2.05, 4.69) is 11.9 Å². The fraction of sp³-hybridized carbons (Fsp3) is 0.360. The number of carbonyl (C=O) groups is 2. The smallest absolute Gasteiger partial charge is 0.265 e. The van der Waals surface area contributed by atoms with Crippen molar-refractivity contribution in [1.29, 1.82) is 0 Å². The number of anilines is 2. The number of benzene rings is 2. The van der Waals surface area contributed by atoms with Crippen LogP contribution in [0, 0.1) is 0 Å². The first-order chi connectivity index (χ1) is 15.9. The van der Waals surface area contributed by atoms with Crippen LogP contribution in [0.3, 0.4) is 0 Å². The lowest BCUT2D eigenvalue weighted by molar-refractivity contribution is -0.121. The molecule has 0 spiro atoms. The molecule has 1 aliphatic heterocycles. The van der Waals surface area contributed by atoms with Crippen molar-refractivity contribution in [3.63, 3.8) is 0 Å². The van der Waals surface area contributed by atoms with Crippen molar-refractivity contribution in [3.05, 3.63) is 48.0 Å². The van der Waals surface area contributed by atoms with Crippen LogP contribution < -0.4 is 29.2 Å². The van der Waals surface area contributed by atoms with E-state index in [0.29, 0.717) is 66.3 Å². The first kappa shape index (κ1) is 24.0. The van der Waals surface area contributed by atoms with Crippen LogP contribution >= 0.6 is 0 Å². The van der Waals surface area contributed by atoms with Gasteiger partial charge in [-0.3, -0.25) is 9.59 Å². The standard InChI is InChI=1S/C25H30N2O6/c1-6-30-21-11-17(12-22(31-7-2)24(21)32-8-3)25(29)26-18-9-10-19-20(13-18)33-15-23(28)27(19)14-16(4)5/h9-13H,4,6-8,14-15H2,1-3,5H3,(H,26,29). The Hall–Kier alpha value is -3.68. The number of ether oxygens (including phenoxy) is 4. The van der Waals surface area contributed by atoms with Crippen LogP contribution in [0.4, 0.5) is 11.4 Å². The molecule has 33 heavy (non-hydrogen) atoms. The molecule has 0 aromatic heterocycles. The Bertz CT molecular complexity index is 1020. The van der Waals surface area contributed by atoms with Crippen LogP contribution in [0.5, 0.6) is 23.0 Å². The molecule has 0 radical (unpaired) electrons. The second kappa shape index (κ2) is 10.8. The molecule has 176 valence electrons. The lowest BCUT2D eigenvalue weighted by atomic mass is 10.1. The molecule has 2 aromatic rings. The molecule has 0 bridgehead atoms. The predicted molar refractivity (Wildman–Crippen MR) is 127 cm³/mol. The summed E-state index contributed by atoms with van der Waals surface area (Å²) in [5, 5.41) is 2.87. The Morgan fingerprint density at radius 2 is 1.70 bits per heavy atom. The number of carbonyl (C=O) groups excluding carboxylic acids is 2. The van der Waals surface area contributed by atoms with Crippen molar-refractivity contribution in [1.82, 2.24) is 0 Å². The second-order valence-corrected chi connectivity index (χ2v) is 7.46. The van der Waals surface area contributed by atoms with Gasteiger partial charge in [0.05, 0.1) is 25.5 Å². The minimum Gasteiger partial charge on any atom is -0.490 e. The molecule has 0 fully saturated rings. The molecule has 3 rings (SSSR count). The zero-order chi connectivity index (χ0) is 24.0. The third-order valence-corrected chi connectivity index (χ3v) is 4.76. The number of nitrogens with zero attached hydrogens (tertiary/aromatic N) is 1. The second-order valence-electron chi connectivity index (χ2n) is 7.46. The number of hydrogen-bond acceptors (Lipinski definition) is 6. The highest BCUT2D eigenvalue weighted by Crippen LogP contribution is 2.40. The molecule has 0 unspecified atom stereocenters. The summed E-state index contributed by atoms with van der Waals surface area (Å²) in [4.78, 5) is 26.9. The van der Waals surface area contributed by atoms with Crippen molar-refractivity contribution in [2.45, 2.75) is 27.7 Å². The Balaban J connectivity index is 1.88. The minimum atomic E-state index is -0.342. The lowest BCUT2D eigenvalue weighted by Gasteiger charge is -2.29. The number of nitrogens with one attached hydrogen (secondary N) is 1. The number of amides is 2. The van der Waals surface area contributed by atoms with Gasteiger partial charge in [0.2, 0.25) is 5.75 Å². The Morgan fingerprint density at radius 1 is 1.06 bits per heavy atom. The lowest BCUT2D eigenvalue weighted by Crippen LogP contribution is -2.39. The molecule has 0 aliphatic carbocycles. The average Bonchev–Trinajstić information content (AvgIpc) is 2.77. The molecule has 8 nitrogen and oxygen atoms in total. The highest BCUT2D eigenvalue weighted by Gasteiger charge is 2.26. The van der Waals surface area contributed by atoms with Gasteiger partial charge in [-0.25, -0.2) is 0 Å². The highest BCUT2D eigenvalue weighted by atomic mass is 16.5. The van der Waals surface area contributed by atoms with Crippen molar-refractivity contribution >= 4 is 23.2 Å².